The molecular weight excluding hydrogens is 286 g/mol. The van der Waals surface area contributed by atoms with E-state index in [1.807, 2.05) is 43.4 Å². The van der Waals surface area contributed by atoms with Crippen LogP contribution in [-0.4, -0.2) is 30.1 Å². The highest BCUT2D eigenvalue weighted by molar-refractivity contribution is 6.30. The monoisotopic (exact) mass is 301 g/mol. The fourth-order valence-corrected chi connectivity index (χ4v) is 3.76. The molecule has 1 saturated heterocycles. The topological polar surface area (TPSA) is 32.7 Å². The summed E-state index contributed by atoms with van der Waals surface area (Å²) in [6, 6.07) is 13.4. The molecule has 1 fully saturated rings. The van der Waals surface area contributed by atoms with Gasteiger partial charge in [-0.1, -0.05) is 35.9 Å². The molecule has 4 rings (SSSR count). The second-order valence-electron chi connectivity index (χ2n) is 5.95. The van der Waals surface area contributed by atoms with Crippen LogP contribution in [-0.2, 0) is 5.60 Å². The van der Waals surface area contributed by atoms with Gasteiger partial charge in [-0.15, -0.1) is 0 Å². The number of likely N-dealkylation sites (tertiary alicyclic amines) is 1. The summed E-state index contributed by atoms with van der Waals surface area (Å²) in [5.41, 5.74) is 0.926. The van der Waals surface area contributed by atoms with Crippen molar-refractivity contribution < 1.29 is 9.84 Å². The van der Waals surface area contributed by atoms with Gasteiger partial charge in [0.15, 0.2) is 0 Å². The van der Waals surface area contributed by atoms with Crippen molar-refractivity contribution in [3.05, 3.63) is 58.6 Å². The van der Waals surface area contributed by atoms with Crippen molar-refractivity contribution in [3.63, 3.8) is 0 Å². The van der Waals surface area contributed by atoms with Crippen molar-refractivity contribution in [1.82, 2.24) is 4.90 Å². The number of rotatable bonds is 0. The fraction of sp³-hybridized carbons (Fsp3) is 0.294. The third-order valence-corrected chi connectivity index (χ3v) is 4.74. The average molecular weight is 302 g/mol. The second-order valence-corrected chi connectivity index (χ2v) is 6.39. The normalized spacial score (nSPS) is 27.3. The van der Waals surface area contributed by atoms with Crippen LogP contribution in [0.25, 0.3) is 0 Å². The van der Waals surface area contributed by atoms with Crippen LogP contribution in [0.4, 0.5) is 0 Å². The standard InChI is InChI=1S/C17H16ClNO2/c1-19-9-14-12-4-2-3-5-15(12)21-16-8-11(18)6-7-13(16)17(14,20)10-19/h2-8,14,20H,9-10H2,1H3/t14-,17-/m1/s1. The van der Waals surface area contributed by atoms with Crippen molar-refractivity contribution in [1.29, 1.82) is 0 Å². The zero-order valence-corrected chi connectivity index (χ0v) is 12.5. The van der Waals surface area contributed by atoms with E-state index in [0.29, 0.717) is 17.3 Å². The molecule has 0 aromatic heterocycles. The van der Waals surface area contributed by atoms with Crippen LogP contribution in [0.1, 0.15) is 17.0 Å². The molecule has 0 radical (unpaired) electrons. The molecule has 2 atom stereocenters. The Bertz CT molecular complexity index is 718. The van der Waals surface area contributed by atoms with Gasteiger partial charge in [0.1, 0.15) is 17.1 Å². The molecule has 2 aromatic carbocycles. The summed E-state index contributed by atoms with van der Waals surface area (Å²) in [5.74, 6) is 1.45. The highest BCUT2D eigenvalue weighted by Crippen LogP contribution is 2.52. The first-order chi connectivity index (χ1) is 10.1. The first-order valence-corrected chi connectivity index (χ1v) is 7.43. The number of likely N-dealkylation sites (N-methyl/N-ethyl adjacent to an activating group) is 1. The van der Waals surface area contributed by atoms with Crippen molar-refractivity contribution in [2.75, 3.05) is 20.1 Å². The van der Waals surface area contributed by atoms with Gasteiger partial charge in [0, 0.05) is 35.2 Å². The van der Waals surface area contributed by atoms with E-state index in [9.17, 15) is 5.11 Å². The summed E-state index contributed by atoms with van der Waals surface area (Å²) >= 11 is 6.10. The van der Waals surface area contributed by atoms with E-state index >= 15 is 0 Å². The molecule has 2 aliphatic heterocycles. The van der Waals surface area contributed by atoms with Crippen LogP contribution in [0.2, 0.25) is 5.02 Å². The van der Waals surface area contributed by atoms with Crippen LogP contribution in [0, 0.1) is 0 Å². The fourth-order valence-electron chi connectivity index (χ4n) is 3.60. The number of β-amino-alcohol motifs (C(OH)–C–C–N with tert-alkyl or cyclic N) is 1. The van der Waals surface area contributed by atoms with Crippen molar-refractivity contribution in [3.8, 4) is 11.5 Å². The van der Waals surface area contributed by atoms with Gasteiger partial charge >= 0.3 is 0 Å². The van der Waals surface area contributed by atoms with E-state index in [2.05, 4.69) is 4.90 Å². The molecule has 0 unspecified atom stereocenters. The van der Waals surface area contributed by atoms with E-state index in [1.165, 1.54) is 0 Å². The van der Waals surface area contributed by atoms with Gasteiger partial charge in [0.2, 0.25) is 0 Å². The van der Waals surface area contributed by atoms with Crippen LogP contribution in [0.3, 0.4) is 0 Å². The Labute approximate surface area is 128 Å². The SMILES string of the molecule is CN1C[C@@H]2c3ccccc3Oc3cc(Cl)ccc3[C@]2(O)C1. The summed E-state index contributed by atoms with van der Waals surface area (Å²) in [6.07, 6.45) is 0. The zero-order valence-electron chi connectivity index (χ0n) is 11.7. The molecule has 0 saturated carbocycles. The van der Waals surface area contributed by atoms with E-state index in [4.69, 9.17) is 16.3 Å². The van der Waals surface area contributed by atoms with Gasteiger partial charge in [-0.3, -0.25) is 0 Å². The van der Waals surface area contributed by atoms with E-state index in [-0.39, 0.29) is 5.92 Å². The Balaban J connectivity index is 2.00. The lowest BCUT2D eigenvalue weighted by Gasteiger charge is -2.28. The van der Waals surface area contributed by atoms with Gasteiger partial charge in [-0.25, -0.2) is 0 Å². The van der Waals surface area contributed by atoms with Crippen LogP contribution >= 0.6 is 11.6 Å². The lowest BCUT2D eigenvalue weighted by molar-refractivity contribution is 0.0337. The number of fused-ring (bicyclic) bond motifs is 5. The summed E-state index contributed by atoms with van der Waals surface area (Å²) in [7, 11) is 2.03. The van der Waals surface area contributed by atoms with Crippen LogP contribution in [0.15, 0.2) is 42.5 Å². The molecule has 0 aliphatic carbocycles. The third kappa shape index (κ3) is 1.89. The van der Waals surface area contributed by atoms with Gasteiger partial charge in [-0.2, -0.15) is 0 Å². The molecule has 4 heteroatoms. The number of aliphatic hydroxyl groups is 1. The largest absolute Gasteiger partial charge is 0.457 e. The number of benzene rings is 2. The smallest absolute Gasteiger partial charge is 0.135 e. The Morgan fingerprint density at radius 1 is 1.24 bits per heavy atom. The highest BCUT2D eigenvalue weighted by Gasteiger charge is 2.50. The molecule has 21 heavy (non-hydrogen) atoms. The van der Waals surface area contributed by atoms with Gasteiger partial charge in [0.25, 0.3) is 0 Å². The van der Waals surface area contributed by atoms with Gasteiger partial charge < -0.3 is 14.7 Å². The Morgan fingerprint density at radius 3 is 2.90 bits per heavy atom. The molecule has 0 bridgehead atoms. The minimum absolute atomic E-state index is 0.00104. The molecule has 1 N–H and O–H groups in total. The Kier molecular flexibility index (Phi) is 2.80. The molecule has 3 nitrogen and oxygen atoms in total. The first kappa shape index (κ1) is 13.1. The number of para-hydroxylation sites is 1. The molecule has 0 spiro atoms. The van der Waals surface area contributed by atoms with Crippen LogP contribution in [0.5, 0.6) is 11.5 Å². The minimum Gasteiger partial charge on any atom is -0.457 e. The lowest BCUT2D eigenvalue weighted by Crippen LogP contribution is -2.33. The zero-order chi connectivity index (χ0) is 14.6. The maximum atomic E-state index is 11.4. The van der Waals surface area contributed by atoms with E-state index in [1.54, 1.807) is 6.07 Å². The summed E-state index contributed by atoms with van der Waals surface area (Å²) in [4.78, 5) is 2.16. The van der Waals surface area contributed by atoms with Gasteiger partial charge in [0.05, 0.1) is 0 Å². The molecule has 2 aliphatic rings. The Morgan fingerprint density at radius 2 is 2.05 bits per heavy atom. The minimum atomic E-state index is -0.943. The predicted molar refractivity (Wildman–Crippen MR) is 82.1 cm³/mol. The molecule has 0 amide bonds. The number of halogens is 1. The second kappa shape index (κ2) is 4.47. The number of nitrogens with zero attached hydrogens (tertiary/aromatic N) is 1. The Hall–Kier alpha value is -1.55. The third-order valence-electron chi connectivity index (χ3n) is 4.51. The number of hydrogen-bond acceptors (Lipinski definition) is 3. The van der Waals surface area contributed by atoms with Crippen molar-refractivity contribution in [2.24, 2.45) is 0 Å². The lowest BCUT2D eigenvalue weighted by atomic mass is 9.80. The molecular formula is C17H16ClNO2. The predicted octanol–water partition coefficient (Wildman–Crippen LogP) is 3.36. The van der Waals surface area contributed by atoms with Crippen LogP contribution < -0.4 is 4.74 Å². The summed E-state index contributed by atoms with van der Waals surface area (Å²) in [6.45, 7) is 1.39. The van der Waals surface area contributed by atoms with E-state index < -0.39 is 5.60 Å². The first-order valence-electron chi connectivity index (χ1n) is 7.06. The van der Waals surface area contributed by atoms with E-state index in [0.717, 1.165) is 23.4 Å². The average Bonchev–Trinajstić information content (AvgIpc) is 2.70. The highest BCUT2D eigenvalue weighted by atomic mass is 35.5. The molecule has 2 heterocycles. The summed E-state index contributed by atoms with van der Waals surface area (Å²) in [5, 5.41) is 12.0. The molecule has 2 aromatic rings. The van der Waals surface area contributed by atoms with Gasteiger partial charge in [-0.05, 0) is 25.2 Å². The molecule has 108 valence electrons. The summed E-state index contributed by atoms with van der Waals surface area (Å²) < 4.78 is 6.06. The van der Waals surface area contributed by atoms with Crippen molar-refractivity contribution >= 4 is 11.6 Å². The number of hydrogen-bond donors (Lipinski definition) is 1. The van der Waals surface area contributed by atoms with Crippen molar-refractivity contribution in [2.45, 2.75) is 11.5 Å². The maximum absolute atomic E-state index is 11.4. The quantitative estimate of drug-likeness (QED) is 0.810. The maximum Gasteiger partial charge on any atom is 0.135 e. The number of ether oxygens (including phenoxy) is 1.